The van der Waals surface area contributed by atoms with Crippen molar-refractivity contribution in [3.8, 4) is 0 Å². The van der Waals surface area contributed by atoms with Gasteiger partial charge < -0.3 is 4.74 Å². The molecule has 4 aliphatic rings. The maximum absolute atomic E-state index is 11.9. The summed E-state index contributed by atoms with van der Waals surface area (Å²) in [5, 5.41) is 0.745. The first kappa shape index (κ1) is 13.0. The lowest BCUT2D eigenvalue weighted by molar-refractivity contribution is -0.156. The average molecular weight is 315 g/mol. The van der Waals surface area contributed by atoms with Gasteiger partial charge in [-0.25, -0.2) is 0 Å². The molecule has 0 amide bonds. The summed E-state index contributed by atoms with van der Waals surface area (Å²) < 4.78 is 5.28. The van der Waals surface area contributed by atoms with Crippen molar-refractivity contribution in [3.63, 3.8) is 0 Å². The lowest BCUT2D eigenvalue weighted by Crippen LogP contribution is -2.51. The molecule has 0 aromatic carbocycles. The van der Waals surface area contributed by atoms with E-state index in [1.165, 1.54) is 38.5 Å². The fourth-order valence-corrected chi connectivity index (χ4v) is 5.81. The van der Waals surface area contributed by atoms with Gasteiger partial charge in [0.05, 0.1) is 6.42 Å². The van der Waals surface area contributed by atoms with Crippen LogP contribution in [0.2, 0.25) is 0 Å². The van der Waals surface area contributed by atoms with Crippen molar-refractivity contribution in [2.24, 2.45) is 22.7 Å². The zero-order chi connectivity index (χ0) is 12.8. The van der Waals surface area contributed by atoms with Crippen LogP contribution in [0.4, 0.5) is 0 Å². The van der Waals surface area contributed by atoms with Gasteiger partial charge in [0, 0.05) is 5.33 Å². The van der Waals surface area contributed by atoms with Crippen molar-refractivity contribution in [1.82, 2.24) is 0 Å². The number of alkyl halides is 1. The van der Waals surface area contributed by atoms with Crippen molar-refractivity contribution in [2.45, 2.75) is 51.9 Å². The number of carbonyl (C=O) groups is 1. The second-order valence-electron chi connectivity index (χ2n) is 7.36. The van der Waals surface area contributed by atoms with E-state index in [0.29, 0.717) is 23.9 Å². The van der Waals surface area contributed by atoms with Crippen molar-refractivity contribution < 1.29 is 9.53 Å². The molecule has 102 valence electrons. The summed E-state index contributed by atoms with van der Waals surface area (Å²) in [4.78, 5) is 11.9. The van der Waals surface area contributed by atoms with Gasteiger partial charge in [-0.3, -0.25) is 4.79 Å². The smallest absolute Gasteiger partial charge is 0.306 e. The molecule has 4 saturated carbocycles. The van der Waals surface area contributed by atoms with Crippen LogP contribution in [0.15, 0.2) is 0 Å². The molecule has 4 fully saturated rings. The Morgan fingerprint density at radius 1 is 1.28 bits per heavy atom. The number of hydrogen-bond acceptors (Lipinski definition) is 2. The van der Waals surface area contributed by atoms with E-state index < -0.39 is 0 Å². The van der Waals surface area contributed by atoms with Gasteiger partial charge in [-0.2, -0.15) is 0 Å². The van der Waals surface area contributed by atoms with Gasteiger partial charge in [-0.1, -0.05) is 22.9 Å². The third-order valence-electron chi connectivity index (χ3n) is 5.33. The maximum Gasteiger partial charge on any atom is 0.306 e. The monoisotopic (exact) mass is 314 g/mol. The number of esters is 1. The molecule has 4 rings (SSSR count). The number of rotatable bonds is 4. The third-order valence-corrected chi connectivity index (χ3v) is 5.66. The van der Waals surface area contributed by atoms with E-state index in [0.717, 1.165) is 17.2 Å². The summed E-state index contributed by atoms with van der Waals surface area (Å²) in [5.74, 6) is 1.81. The Morgan fingerprint density at radius 3 is 2.50 bits per heavy atom. The van der Waals surface area contributed by atoms with E-state index in [1.807, 2.05) is 0 Å². The van der Waals surface area contributed by atoms with Crippen molar-refractivity contribution in [2.75, 3.05) is 11.9 Å². The van der Waals surface area contributed by atoms with Gasteiger partial charge in [-0.15, -0.1) is 0 Å². The normalized spacial score (nSPS) is 45.2. The molecule has 4 aliphatic carbocycles. The molecule has 2 atom stereocenters. The lowest BCUT2D eigenvalue weighted by atomic mass is 9.44. The first-order valence-electron chi connectivity index (χ1n) is 7.24. The Morgan fingerprint density at radius 2 is 1.94 bits per heavy atom. The minimum absolute atomic E-state index is 0.0278. The highest BCUT2D eigenvalue weighted by Crippen LogP contribution is 2.66. The summed E-state index contributed by atoms with van der Waals surface area (Å²) in [5.41, 5.74) is 0.821. The van der Waals surface area contributed by atoms with Gasteiger partial charge in [0.2, 0.25) is 0 Å². The number of halogens is 1. The molecular weight excluding hydrogens is 292 g/mol. The van der Waals surface area contributed by atoms with E-state index in [1.54, 1.807) is 0 Å². The SMILES string of the molecule is CC12CC3CC(C1)CC(CC(=O)OCCBr)(C3)C2. The largest absolute Gasteiger partial charge is 0.465 e. The maximum atomic E-state index is 11.9. The number of ether oxygens (including phenoxy) is 1. The van der Waals surface area contributed by atoms with Crippen LogP contribution in [0.3, 0.4) is 0 Å². The van der Waals surface area contributed by atoms with Gasteiger partial charge in [0.15, 0.2) is 0 Å². The Balaban J connectivity index is 1.69. The molecule has 0 aromatic rings. The fourth-order valence-electron chi connectivity index (χ4n) is 5.64. The topological polar surface area (TPSA) is 26.3 Å². The van der Waals surface area contributed by atoms with Crippen LogP contribution in [0.1, 0.15) is 51.9 Å². The molecule has 0 saturated heterocycles. The molecular formula is C15H23BrO2. The summed E-state index contributed by atoms with van der Waals surface area (Å²) in [6.45, 7) is 2.96. The Kier molecular flexibility index (Phi) is 3.24. The van der Waals surface area contributed by atoms with Crippen LogP contribution in [0, 0.1) is 22.7 Å². The van der Waals surface area contributed by atoms with E-state index in [2.05, 4.69) is 22.9 Å². The summed E-state index contributed by atoms with van der Waals surface area (Å²) in [6.07, 6.45) is 8.72. The van der Waals surface area contributed by atoms with Crippen molar-refractivity contribution in [3.05, 3.63) is 0 Å². The quantitative estimate of drug-likeness (QED) is 0.580. The third kappa shape index (κ3) is 2.35. The summed E-state index contributed by atoms with van der Waals surface area (Å²) in [7, 11) is 0. The highest BCUT2D eigenvalue weighted by molar-refractivity contribution is 9.09. The molecule has 0 heterocycles. The zero-order valence-corrected chi connectivity index (χ0v) is 12.8. The first-order valence-corrected chi connectivity index (χ1v) is 8.36. The average Bonchev–Trinajstić information content (AvgIpc) is 2.21. The Hall–Kier alpha value is -0.0500. The molecule has 0 spiro atoms. The predicted molar refractivity (Wildman–Crippen MR) is 74.6 cm³/mol. The molecule has 2 nitrogen and oxygen atoms in total. The summed E-state index contributed by atoms with van der Waals surface area (Å²) in [6, 6.07) is 0. The fraction of sp³-hybridized carbons (Fsp3) is 0.933. The summed E-state index contributed by atoms with van der Waals surface area (Å²) >= 11 is 3.30. The Labute approximate surface area is 118 Å². The predicted octanol–water partition coefficient (Wildman–Crippen LogP) is 3.92. The van der Waals surface area contributed by atoms with Crippen LogP contribution in [-0.4, -0.2) is 17.9 Å². The molecule has 0 aromatic heterocycles. The number of carbonyl (C=O) groups excluding carboxylic acids is 1. The van der Waals surface area contributed by atoms with Crippen LogP contribution >= 0.6 is 15.9 Å². The first-order chi connectivity index (χ1) is 8.53. The Bertz CT molecular complexity index is 338. The van der Waals surface area contributed by atoms with Crippen molar-refractivity contribution in [1.29, 1.82) is 0 Å². The second kappa shape index (κ2) is 4.50. The minimum Gasteiger partial charge on any atom is -0.465 e. The molecule has 0 aliphatic heterocycles. The van der Waals surface area contributed by atoms with Crippen LogP contribution in [0.5, 0.6) is 0 Å². The van der Waals surface area contributed by atoms with Gasteiger partial charge in [0.1, 0.15) is 6.61 Å². The molecule has 3 heteroatoms. The minimum atomic E-state index is 0.0278. The molecule has 2 unspecified atom stereocenters. The molecule has 4 bridgehead atoms. The second-order valence-corrected chi connectivity index (χ2v) is 8.15. The standard InChI is InChI=1S/C15H23BrO2/c1-14-5-11-4-12(6-14)8-15(7-11,10-14)9-13(17)18-3-2-16/h11-12H,2-10H2,1H3. The number of hydrogen-bond donors (Lipinski definition) is 0. The van der Waals surface area contributed by atoms with Crippen LogP contribution in [-0.2, 0) is 9.53 Å². The van der Waals surface area contributed by atoms with E-state index >= 15 is 0 Å². The van der Waals surface area contributed by atoms with Gasteiger partial charge in [0.25, 0.3) is 0 Å². The molecule has 18 heavy (non-hydrogen) atoms. The van der Waals surface area contributed by atoms with Crippen LogP contribution in [0.25, 0.3) is 0 Å². The van der Waals surface area contributed by atoms with Crippen molar-refractivity contribution >= 4 is 21.9 Å². The zero-order valence-electron chi connectivity index (χ0n) is 11.2. The molecule has 0 radical (unpaired) electrons. The van der Waals surface area contributed by atoms with E-state index in [4.69, 9.17) is 4.74 Å². The van der Waals surface area contributed by atoms with E-state index in [9.17, 15) is 4.79 Å². The van der Waals surface area contributed by atoms with Gasteiger partial charge >= 0.3 is 5.97 Å². The lowest BCUT2D eigenvalue weighted by Gasteiger charge is -2.61. The highest BCUT2D eigenvalue weighted by atomic mass is 79.9. The highest BCUT2D eigenvalue weighted by Gasteiger charge is 2.56. The van der Waals surface area contributed by atoms with Gasteiger partial charge in [-0.05, 0) is 61.2 Å². The van der Waals surface area contributed by atoms with Crippen LogP contribution < -0.4 is 0 Å². The molecule has 0 N–H and O–H groups in total. The van der Waals surface area contributed by atoms with E-state index in [-0.39, 0.29) is 5.97 Å².